The molecule has 0 radical (unpaired) electrons. The van der Waals surface area contributed by atoms with Crippen molar-refractivity contribution in [3.8, 4) is 5.75 Å². The summed E-state index contributed by atoms with van der Waals surface area (Å²) in [5, 5.41) is 12.0. The van der Waals surface area contributed by atoms with Crippen LogP contribution in [0.4, 0.5) is 5.69 Å². The average Bonchev–Trinajstić information content (AvgIpc) is 3.07. The Kier molecular flexibility index (Phi) is 4.63. The summed E-state index contributed by atoms with van der Waals surface area (Å²) in [7, 11) is 0. The highest BCUT2D eigenvalue weighted by molar-refractivity contribution is 7.09. The van der Waals surface area contributed by atoms with Crippen LogP contribution in [-0.4, -0.2) is 42.1 Å². The summed E-state index contributed by atoms with van der Waals surface area (Å²) in [6.07, 6.45) is 1.41. The van der Waals surface area contributed by atoms with Gasteiger partial charge in [-0.25, -0.2) is 0 Å². The number of hydrogen-bond acceptors (Lipinski definition) is 4. The number of thiophene rings is 1. The van der Waals surface area contributed by atoms with Gasteiger partial charge in [0.1, 0.15) is 5.75 Å². The van der Waals surface area contributed by atoms with Gasteiger partial charge < -0.3 is 14.9 Å². The van der Waals surface area contributed by atoms with Crippen molar-refractivity contribution in [2.45, 2.75) is 12.8 Å². The number of piperazine rings is 1. The largest absolute Gasteiger partial charge is 0.506 e. The van der Waals surface area contributed by atoms with Gasteiger partial charge in [-0.15, -0.1) is 11.3 Å². The van der Waals surface area contributed by atoms with Crippen LogP contribution in [0.1, 0.15) is 11.3 Å². The monoisotopic (exact) mass is 316 g/mol. The Morgan fingerprint density at radius 3 is 2.55 bits per heavy atom. The van der Waals surface area contributed by atoms with E-state index in [-0.39, 0.29) is 5.91 Å². The number of nitrogens with zero attached hydrogens (tertiary/aromatic N) is 2. The molecule has 0 aliphatic carbocycles. The molecule has 0 spiro atoms. The normalized spacial score (nSPS) is 15.1. The summed E-state index contributed by atoms with van der Waals surface area (Å²) < 4.78 is 0. The summed E-state index contributed by atoms with van der Waals surface area (Å²) in [5.74, 6) is 0.533. The molecule has 2 heterocycles. The molecular weight excluding hydrogens is 296 g/mol. The van der Waals surface area contributed by atoms with Gasteiger partial charge in [0.05, 0.1) is 5.69 Å². The highest BCUT2D eigenvalue weighted by Crippen LogP contribution is 2.27. The van der Waals surface area contributed by atoms with Gasteiger partial charge in [-0.3, -0.25) is 4.79 Å². The standard InChI is InChI=1S/C17H20N2O2S/c20-16-6-2-1-5-15(16)18-9-11-19(12-10-18)17(21)8-7-14-4-3-13-22-14/h1-6,13,20H,7-12H2. The molecule has 1 fully saturated rings. The van der Waals surface area contributed by atoms with Crippen molar-refractivity contribution >= 4 is 22.9 Å². The lowest BCUT2D eigenvalue weighted by Crippen LogP contribution is -2.48. The van der Waals surface area contributed by atoms with Crippen molar-refractivity contribution < 1.29 is 9.90 Å². The number of carbonyl (C=O) groups excluding carboxylic acids is 1. The van der Waals surface area contributed by atoms with E-state index in [4.69, 9.17) is 0 Å². The molecule has 116 valence electrons. The van der Waals surface area contributed by atoms with Crippen LogP contribution in [0, 0.1) is 0 Å². The van der Waals surface area contributed by atoms with E-state index in [2.05, 4.69) is 11.0 Å². The fraction of sp³-hybridized carbons (Fsp3) is 0.353. The van der Waals surface area contributed by atoms with Crippen LogP contribution in [0.5, 0.6) is 5.75 Å². The van der Waals surface area contributed by atoms with Crippen LogP contribution in [0.25, 0.3) is 0 Å². The van der Waals surface area contributed by atoms with Crippen molar-refractivity contribution in [1.82, 2.24) is 4.90 Å². The van der Waals surface area contributed by atoms with Crippen molar-refractivity contribution in [1.29, 1.82) is 0 Å². The maximum absolute atomic E-state index is 12.3. The lowest BCUT2D eigenvalue weighted by Gasteiger charge is -2.36. The van der Waals surface area contributed by atoms with Gasteiger partial charge in [0, 0.05) is 37.5 Å². The van der Waals surface area contributed by atoms with Crippen LogP contribution in [-0.2, 0) is 11.2 Å². The summed E-state index contributed by atoms with van der Waals surface area (Å²) in [5.41, 5.74) is 0.855. The zero-order chi connectivity index (χ0) is 15.4. The molecule has 3 rings (SSSR count). The van der Waals surface area contributed by atoms with Crippen molar-refractivity contribution in [3.63, 3.8) is 0 Å². The first-order valence-corrected chi connectivity index (χ1v) is 8.45. The molecule has 5 heteroatoms. The minimum absolute atomic E-state index is 0.227. The molecular formula is C17H20N2O2S. The number of aryl methyl sites for hydroxylation is 1. The number of aromatic hydroxyl groups is 1. The number of benzene rings is 1. The van der Waals surface area contributed by atoms with Crippen LogP contribution < -0.4 is 4.90 Å². The molecule has 0 unspecified atom stereocenters. The molecule has 1 aliphatic heterocycles. The minimum Gasteiger partial charge on any atom is -0.506 e. The molecule has 1 amide bonds. The third-order valence-electron chi connectivity index (χ3n) is 4.02. The summed E-state index contributed by atoms with van der Waals surface area (Å²) >= 11 is 1.70. The summed E-state index contributed by atoms with van der Waals surface area (Å²) in [6.45, 7) is 2.97. The number of phenolic OH excluding ortho intramolecular Hbond substituents is 1. The number of para-hydroxylation sites is 2. The zero-order valence-corrected chi connectivity index (χ0v) is 13.3. The van der Waals surface area contributed by atoms with E-state index in [9.17, 15) is 9.90 Å². The number of phenols is 1. The number of carbonyl (C=O) groups is 1. The Balaban J connectivity index is 1.51. The molecule has 4 nitrogen and oxygen atoms in total. The highest BCUT2D eigenvalue weighted by atomic mass is 32.1. The van der Waals surface area contributed by atoms with E-state index < -0.39 is 0 Å². The van der Waals surface area contributed by atoms with E-state index in [1.807, 2.05) is 34.5 Å². The molecule has 0 atom stereocenters. The quantitative estimate of drug-likeness (QED) is 0.943. The number of rotatable bonds is 4. The van der Waals surface area contributed by atoms with Gasteiger partial charge in [0.15, 0.2) is 0 Å². The molecule has 1 saturated heterocycles. The Morgan fingerprint density at radius 2 is 1.86 bits per heavy atom. The molecule has 0 saturated carbocycles. The average molecular weight is 316 g/mol. The van der Waals surface area contributed by atoms with E-state index in [0.717, 1.165) is 38.3 Å². The maximum Gasteiger partial charge on any atom is 0.223 e. The van der Waals surface area contributed by atoms with E-state index in [1.54, 1.807) is 17.4 Å². The van der Waals surface area contributed by atoms with Crippen LogP contribution in [0.3, 0.4) is 0 Å². The third-order valence-corrected chi connectivity index (χ3v) is 4.96. The lowest BCUT2D eigenvalue weighted by molar-refractivity contribution is -0.131. The predicted molar refractivity (Wildman–Crippen MR) is 89.5 cm³/mol. The number of amides is 1. The molecule has 1 aliphatic rings. The second kappa shape index (κ2) is 6.83. The van der Waals surface area contributed by atoms with E-state index >= 15 is 0 Å². The second-order valence-electron chi connectivity index (χ2n) is 5.44. The van der Waals surface area contributed by atoms with Crippen LogP contribution in [0.2, 0.25) is 0 Å². The van der Waals surface area contributed by atoms with Crippen molar-refractivity contribution in [2.75, 3.05) is 31.1 Å². The molecule has 1 aromatic carbocycles. The number of anilines is 1. The van der Waals surface area contributed by atoms with Crippen molar-refractivity contribution in [2.24, 2.45) is 0 Å². The van der Waals surface area contributed by atoms with Crippen LogP contribution in [0.15, 0.2) is 41.8 Å². The molecule has 2 aromatic rings. The minimum atomic E-state index is 0.227. The highest BCUT2D eigenvalue weighted by Gasteiger charge is 2.22. The lowest BCUT2D eigenvalue weighted by atomic mass is 10.2. The Morgan fingerprint density at radius 1 is 1.09 bits per heavy atom. The molecule has 0 bridgehead atoms. The topological polar surface area (TPSA) is 43.8 Å². The SMILES string of the molecule is O=C(CCc1cccs1)N1CCN(c2ccccc2O)CC1. The van der Waals surface area contributed by atoms with Gasteiger partial charge >= 0.3 is 0 Å². The molecule has 1 N–H and O–H groups in total. The Labute approximate surface area is 134 Å². The zero-order valence-electron chi connectivity index (χ0n) is 12.4. The fourth-order valence-electron chi connectivity index (χ4n) is 2.77. The third kappa shape index (κ3) is 3.42. The Hall–Kier alpha value is -2.01. The van der Waals surface area contributed by atoms with Crippen molar-refractivity contribution in [3.05, 3.63) is 46.7 Å². The van der Waals surface area contributed by atoms with Gasteiger partial charge in [-0.2, -0.15) is 0 Å². The fourth-order valence-corrected chi connectivity index (χ4v) is 3.48. The van der Waals surface area contributed by atoms with Gasteiger partial charge in [0.25, 0.3) is 0 Å². The Bertz CT molecular complexity index is 619. The first-order chi connectivity index (χ1) is 10.7. The van der Waals surface area contributed by atoms with E-state index in [0.29, 0.717) is 12.2 Å². The molecule has 22 heavy (non-hydrogen) atoms. The van der Waals surface area contributed by atoms with E-state index in [1.165, 1.54) is 4.88 Å². The second-order valence-corrected chi connectivity index (χ2v) is 6.47. The van der Waals surface area contributed by atoms with Gasteiger partial charge in [-0.1, -0.05) is 18.2 Å². The smallest absolute Gasteiger partial charge is 0.223 e. The van der Waals surface area contributed by atoms with Gasteiger partial charge in [0.2, 0.25) is 5.91 Å². The first-order valence-electron chi connectivity index (χ1n) is 7.57. The predicted octanol–water partition coefficient (Wildman–Crippen LogP) is 2.74. The maximum atomic E-state index is 12.3. The number of hydrogen-bond donors (Lipinski definition) is 1. The van der Waals surface area contributed by atoms with Crippen LogP contribution >= 0.6 is 11.3 Å². The van der Waals surface area contributed by atoms with Gasteiger partial charge in [-0.05, 0) is 30.0 Å². The molecule has 1 aromatic heterocycles. The summed E-state index contributed by atoms with van der Waals surface area (Å²) in [6, 6.07) is 11.5. The summed E-state index contributed by atoms with van der Waals surface area (Å²) in [4.78, 5) is 17.6. The first kappa shape index (κ1) is 14.9.